The van der Waals surface area contributed by atoms with Crippen LogP contribution in [0.4, 0.5) is 0 Å². The summed E-state index contributed by atoms with van der Waals surface area (Å²) in [5.41, 5.74) is 1.31. The van der Waals surface area contributed by atoms with Crippen LogP contribution in [0.2, 0.25) is 0 Å². The van der Waals surface area contributed by atoms with E-state index in [4.69, 9.17) is 10.00 Å². The number of benzene rings is 1. The molecule has 1 aromatic rings. The second-order valence-electron chi connectivity index (χ2n) is 3.03. The number of ketones is 1. The predicted molar refractivity (Wildman–Crippen MR) is 52.1 cm³/mol. The van der Waals surface area contributed by atoms with Gasteiger partial charge < -0.3 is 4.74 Å². The third-order valence-corrected chi connectivity index (χ3v) is 1.84. The third kappa shape index (κ3) is 2.33. The molecule has 0 unspecified atom stereocenters. The molecule has 0 aliphatic rings. The summed E-state index contributed by atoms with van der Waals surface area (Å²) in [4.78, 5) is 10.9. The Morgan fingerprint density at radius 1 is 1.57 bits per heavy atom. The molecule has 0 N–H and O–H groups in total. The molecule has 0 radical (unpaired) electrons. The molecule has 14 heavy (non-hydrogen) atoms. The zero-order chi connectivity index (χ0) is 10.6. The van der Waals surface area contributed by atoms with E-state index in [2.05, 4.69) is 0 Å². The minimum absolute atomic E-state index is 0.0825. The molecule has 0 aromatic heterocycles. The van der Waals surface area contributed by atoms with Crippen molar-refractivity contribution < 1.29 is 9.53 Å². The highest BCUT2D eigenvalue weighted by Crippen LogP contribution is 2.18. The number of Topliss-reactive ketones (excluding diaryl/α,β-unsaturated/α-hetero) is 1. The number of nitrogens with zero attached hydrogens (tertiary/aromatic N) is 1. The van der Waals surface area contributed by atoms with Gasteiger partial charge in [-0.25, -0.2) is 0 Å². The number of carbonyl (C=O) groups is 1. The Bertz CT molecular complexity index is 391. The standard InChI is InChI=1S/C11H11NO2/c1-8(13)5-9-3-4-11(14-2)10(6-9)7-12/h3-4,6H,5H2,1-2H3. The van der Waals surface area contributed by atoms with E-state index in [-0.39, 0.29) is 5.78 Å². The minimum Gasteiger partial charge on any atom is -0.495 e. The molecule has 72 valence electrons. The Kier molecular flexibility index (Phi) is 3.24. The van der Waals surface area contributed by atoms with Crippen LogP contribution < -0.4 is 4.74 Å². The molecule has 0 bridgehead atoms. The second-order valence-corrected chi connectivity index (χ2v) is 3.03. The molecule has 3 nitrogen and oxygen atoms in total. The van der Waals surface area contributed by atoms with Gasteiger partial charge in [0.25, 0.3) is 0 Å². The summed E-state index contributed by atoms with van der Waals surface area (Å²) in [7, 11) is 1.51. The van der Waals surface area contributed by atoms with Crippen molar-refractivity contribution in [3.63, 3.8) is 0 Å². The lowest BCUT2D eigenvalue weighted by Crippen LogP contribution is -1.97. The monoisotopic (exact) mass is 189 g/mol. The van der Waals surface area contributed by atoms with Crippen molar-refractivity contribution in [1.29, 1.82) is 5.26 Å². The van der Waals surface area contributed by atoms with Crippen molar-refractivity contribution in [1.82, 2.24) is 0 Å². The lowest BCUT2D eigenvalue weighted by molar-refractivity contribution is -0.116. The molecule has 0 fully saturated rings. The van der Waals surface area contributed by atoms with Gasteiger partial charge in [-0.15, -0.1) is 0 Å². The fourth-order valence-corrected chi connectivity index (χ4v) is 1.24. The van der Waals surface area contributed by atoms with Crippen molar-refractivity contribution in [2.75, 3.05) is 7.11 Å². The van der Waals surface area contributed by atoms with Crippen LogP contribution in [0, 0.1) is 11.3 Å². The number of nitriles is 1. The molecule has 1 aromatic carbocycles. The summed E-state index contributed by atoms with van der Waals surface area (Å²) >= 11 is 0. The number of carbonyl (C=O) groups excluding carboxylic acids is 1. The Hall–Kier alpha value is -1.82. The highest BCUT2D eigenvalue weighted by molar-refractivity contribution is 5.78. The molecule has 0 atom stereocenters. The van der Waals surface area contributed by atoms with Crippen LogP contribution in [0.3, 0.4) is 0 Å². The quantitative estimate of drug-likeness (QED) is 0.727. The van der Waals surface area contributed by atoms with E-state index in [0.29, 0.717) is 17.7 Å². The van der Waals surface area contributed by atoms with Crippen molar-refractivity contribution in [3.8, 4) is 11.8 Å². The highest BCUT2D eigenvalue weighted by Gasteiger charge is 2.04. The Balaban J connectivity index is 3.03. The summed E-state index contributed by atoms with van der Waals surface area (Å²) in [6.07, 6.45) is 0.360. The van der Waals surface area contributed by atoms with E-state index in [0.717, 1.165) is 5.56 Å². The lowest BCUT2D eigenvalue weighted by Gasteiger charge is -2.04. The number of ether oxygens (including phenoxy) is 1. The Labute approximate surface area is 82.9 Å². The van der Waals surface area contributed by atoms with Crippen LogP contribution in [0.15, 0.2) is 18.2 Å². The summed E-state index contributed by atoms with van der Waals surface area (Å²) in [5.74, 6) is 0.624. The average Bonchev–Trinajstić information content (AvgIpc) is 2.16. The number of rotatable bonds is 3. The maximum atomic E-state index is 10.9. The van der Waals surface area contributed by atoms with Crippen LogP contribution in [0.5, 0.6) is 5.75 Å². The summed E-state index contributed by atoms with van der Waals surface area (Å²) < 4.78 is 4.99. The number of methoxy groups -OCH3 is 1. The fraction of sp³-hybridized carbons (Fsp3) is 0.273. The minimum atomic E-state index is 0.0825. The van der Waals surface area contributed by atoms with E-state index < -0.39 is 0 Å². The Morgan fingerprint density at radius 3 is 2.79 bits per heavy atom. The van der Waals surface area contributed by atoms with Gasteiger partial charge in [-0.1, -0.05) is 6.07 Å². The number of hydrogen-bond acceptors (Lipinski definition) is 3. The van der Waals surface area contributed by atoms with Gasteiger partial charge in [0.05, 0.1) is 12.7 Å². The molecule has 0 spiro atoms. The first kappa shape index (κ1) is 10.3. The molecular weight excluding hydrogens is 178 g/mol. The molecule has 1 rings (SSSR count). The van der Waals surface area contributed by atoms with E-state index in [9.17, 15) is 4.79 Å². The SMILES string of the molecule is COc1ccc(CC(C)=O)cc1C#N. The summed E-state index contributed by atoms with van der Waals surface area (Å²) in [6, 6.07) is 7.20. The second kappa shape index (κ2) is 4.43. The van der Waals surface area contributed by atoms with E-state index >= 15 is 0 Å². The van der Waals surface area contributed by atoms with Crippen LogP contribution in [0.1, 0.15) is 18.1 Å². The van der Waals surface area contributed by atoms with Crippen LogP contribution >= 0.6 is 0 Å². The van der Waals surface area contributed by atoms with Gasteiger partial charge in [-0.3, -0.25) is 4.79 Å². The first-order valence-electron chi connectivity index (χ1n) is 4.24. The summed E-state index contributed by atoms with van der Waals surface area (Å²) in [6.45, 7) is 1.52. The maximum absolute atomic E-state index is 10.9. The van der Waals surface area contributed by atoms with Gasteiger partial charge in [-0.05, 0) is 24.6 Å². The van der Waals surface area contributed by atoms with Gasteiger partial charge in [-0.2, -0.15) is 5.26 Å². The molecule has 0 saturated carbocycles. The molecule has 0 heterocycles. The normalized spacial score (nSPS) is 9.21. The van der Waals surface area contributed by atoms with Gasteiger partial charge in [0, 0.05) is 6.42 Å². The highest BCUT2D eigenvalue weighted by atomic mass is 16.5. The molecule has 0 aliphatic heterocycles. The largest absolute Gasteiger partial charge is 0.495 e. The Morgan fingerprint density at radius 2 is 2.29 bits per heavy atom. The average molecular weight is 189 g/mol. The van der Waals surface area contributed by atoms with Crippen LogP contribution in [0.25, 0.3) is 0 Å². The molecule has 0 aliphatic carbocycles. The van der Waals surface area contributed by atoms with E-state index in [1.807, 2.05) is 6.07 Å². The van der Waals surface area contributed by atoms with Crippen molar-refractivity contribution >= 4 is 5.78 Å². The summed E-state index contributed by atoms with van der Waals surface area (Å²) in [5, 5.41) is 8.79. The van der Waals surface area contributed by atoms with Gasteiger partial charge in [0.1, 0.15) is 17.6 Å². The van der Waals surface area contributed by atoms with Crippen LogP contribution in [-0.4, -0.2) is 12.9 Å². The topological polar surface area (TPSA) is 50.1 Å². The first-order chi connectivity index (χ1) is 6.67. The van der Waals surface area contributed by atoms with Gasteiger partial charge in [0.2, 0.25) is 0 Å². The maximum Gasteiger partial charge on any atom is 0.136 e. The van der Waals surface area contributed by atoms with Gasteiger partial charge >= 0.3 is 0 Å². The van der Waals surface area contributed by atoms with Crippen molar-refractivity contribution in [3.05, 3.63) is 29.3 Å². The lowest BCUT2D eigenvalue weighted by atomic mass is 10.1. The van der Waals surface area contributed by atoms with Crippen LogP contribution in [-0.2, 0) is 11.2 Å². The molecule has 3 heteroatoms. The van der Waals surface area contributed by atoms with E-state index in [1.165, 1.54) is 14.0 Å². The fourth-order valence-electron chi connectivity index (χ4n) is 1.24. The third-order valence-electron chi connectivity index (χ3n) is 1.84. The van der Waals surface area contributed by atoms with E-state index in [1.54, 1.807) is 18.2 Å². The van der Waals surface area contributed by atoms with Gasteiger partial charge in [0.15, 0.2) is 0 Å². The first-order valence-corrected chi connectivity index (χ1v) is 4.24. The molecule has 0 saturated heterocycles. The zero-order valence-electron chi connectivity index (χ0n) is 8.20. The molecule has 0 amide bonds. The van der Waals surface area contributed by atoms with Crippen molar-refractivity contribution in [2.45, 2.75) is 13.3 Å². The van der Waals surface area contributed by atoms with Crippen molar-refractivity contribution in [2.24, 2.45) is 0 Å². The smallest absolute Gasteiger partial charge is 0.136 e. The molecular formula is C11H11NO2. The predicted octanol–water partition coefficient (Wildman–Crippen LogP) is 1.70. The number of hydrogen-bond donors (Lipinski definition) is 0. The zero-order valence-corrected chi connectivity index (χ0v) is 8.20.